The van der Waals surface area contributed by atoms with E-state index in [1.807, 2.05) is 18.2 Å². The smallest absolute Gasteiger partial charge is 0.0891 e. The van der Waals surface area contributed by atoms with Crippen LogP contribution in [0.25, 0.3) is 0 Å². The minimum atomic E-state index is 0.272. The second kappa shape index (κ2) is 7.41. The van der Waals surface area contributed by atoms with Crippen LogP contribution in [0, 0.1) is 5.92 Å². The van der Waals surface area contributed by atoms with Crippen molar-refractivity contribution in [2.45, 2.75) is 47.0 Å². The molecule has 0 saturated heterocycles. The third-order valence-corrected chi connectivity index (χ3v) is 2.85. The van der Waals surface area contributed by atoms with Crippen LogP contribution in [0.1, 0.15) is 39.1 Å². The molecule has 17 heavy (non-hydrogen) atoms. The summed E-state index contributed by atoms with van der Waals surface area (Å²) in [5.41, 5.74) is 2.08. The van der Waals surface area contributed by atoms with Gasteiger partial charge in [-0.1, -0.05) is 26.8 Å². The molecule has 1 atom stereocenters. The van der Waals surface area contributed by atoms with Gasteiger partial charge in [0.25, 0.3) is 0 Å². The van der Waals surface area contributed by atoms with Gasteiger partial charge in [-0.2, -0.15) is 0 Å². The van der Waals surface area contributed by atoms with E-state index in [0.717, 1.165) is 24.5 Å². The number of hydrogen-bond acceptors (Lipinski definition) is 3. The molecule has 1 heterocycles. The van der Waals surface area contributed by atoms with Gasteiger partial charge >= 0.3 is 0 Å². The van der Waals surface area contributed by atoms with Crippen molar-refractivity contribution in [2.24, 2.45) is 5.92 Å². The van der Waals surface area contributed by atoms with Gasteiger partial charge in [-0.15, -0.1) is 0 Å². The molecular formula is C14H24N2O. The summed E-state index contributed by atoms with van der Waals surface area (Å²) in [5.74, 6) is 0.542. The summed E-state index contributed by atoms with van der Waals surface area (Å²) >= 11 is 0. The molecule has 0 fully saturated rings. The van der Waals surface area contributed by atoms with E-state index < -0.39 is 0 Å². The molecular weight excluding hydrogens is 212 g/mol. The van der Waals surface area contributed by atoms with Crippen LogP contribution in [0.15, 0.2) is 18.2 Å². The van der Waals surface area contributed by atoms with Crippen LogP contribution < -0.4 is 5.32 Å². The zero-order chi connectivity index (χ0) is 12.7. The van der Waals surface area contributed by atoms with Gasteiger partial charge in [0.05, 0.1) is 24.1 Å². The maximum absolute atomic E-state index is 5.77. The number of nitrogens with zero attached hydrogens (tertiary/aromatic N) is 1. The van der Waals surface area contributed by atoms with E-state index in [1.165, 1.54) is 0 Å². The van der Waals surface area contributed by atoms with Crippen LogP contribution in [0.5, 0.6) is 0 Å². The standard InChI is InChI=1S/C14H24N2O/c1-5-15-9-13-7-6-8-14(16-13)10-17-12(4)11(2)3/h6-8,11-12,15H,5,9-10H2,1-4H3. The first-order chi connectivity index (χ1) is 8.13. The zero-order valence-corrected chi connectivity index (χ0v) is 11.4. The molecule has 1 rings (SSSR count). The van der Waals surface area contributed by atoms with Gasteiger partial charge in [0.2, 0.25) is 0 Å². The third kappa shape index (κ3) is 5.29. The fourth-order valence-electron chi connectivity index (χ4n) is 1.37. The predicted octanol–water partition coefficient (Wildman–Crippen LogP) is 2.75. The lowest BCUT2D eigenvalue weighted by Crippen LogP contribution is -2.16. The fraction of sp³-hybridized carbons (Fsp3) is 0.643. The lowest BCUT2D eigenvalue weighted by atomic mass is 10.1. The number of hydrogen-bond donors (Lipinski definition) is 1. The summed E-state index contributed by atoms with van der Waals surface area (Å²) in [7, 11) is 0. The van der Waals surface area contributed by atoms with E-state index in [4.69, 9.17) is 4.74 Å². The van der Waals surface area contributed by atoms with Gasteiger partial charge in [0, 0.05) is 6.54 Å². The first-order valence-electron chi connectivity index (χ1n) is 6.40. The SMILES string of the molecule is CCNCc1cccc(COC(C)C(C)C)n1. The highest BCUT2D eigenvalue weighted by atomic mass is 16.5. The Kier molecular flexibility index (Phi) is 6.16. The van der Waals surface area contributed by atoms with Gasteiger partial charge in [0.15, 0.2) is 0 Å². The number of ether oxygens (including phenoxy) is 1. The molecule has 1 N–H and O–H groups in total. The average Bonchev–Trinajstić information content (AvgIpc) is 2.33. The van der Waals surface area contributed by atoms with E-state index in [-0.39, 0.29) is 6.10 Å². The molecule has 1 aromatic rings. The molecule has 0 radical (unpaired) electrons. The van der Waals surface area contributed by atoms with E-state index in [9.17, 15) is 0 Å². The Hall–Kier alpha value is -0.930. The fourth-order valence-corrected chi connectivity index (χ4v) is 1.37. The van der Waals surface area contributed by atoms with Crippen LogP contribution in [-0.2, 0) is 17.9 Å². The molecule has 96 valence electrons. The topological polar surface area (TPSA) is 34.1 Å². The van der Waals surface area contributed by atoms with Gasteiger partial charge in [0.1, 0.15) is 0 Å². The summed E-state index contributed by atoms with van der Waals surface area (Å²) < 4.78 is 5.77. The van der Waals surface area contributed by atoms with Crippen LogP contribution in [0.2, 0.25) is 0 Å². The summed E-state index contributed by atoms with van der Waals surface area (Å²) in [6.45, 7) is 10.9. The Morgan fingerprint density at radius 1 is 1.24 bits per heavy atom. The van der Waals surface area contributed by atoms with Gasteiger partial charge in [-0.25, -0.2) is 0 Å². The van der Waals surface area contributed by atoms with E-state index >= 15 is 0 Å². The van der Waals surface area contributed by atoms with Gasteiger partial charge in [-0.05, 0) is 31.5 Å². The van der Waals surface area contributed by atoms with Crippen molar-refractivity contribution in [1.29, 1.82) is 0 Å². The van der Waals surface area contributed by atoms with Crippen LogP contribution in [-0.4, -0.2) is 17.6 Å². The highest BCUT2D eigenvalue weighted by Crippen LogP contribution is 2.09. The second-order valence-electron chi connectivity index (χ2n) is 4.66. The first-order valence-corrected chi connectivity index (χ1v) is 6.40. The molecule has 1 unspecified atom stereocenters. The average molecular weight is 236 g/mol. The number of aromatic nitrogens is 1. The van der Waals surface area contributed by atoms with E-state index in [2.05, 4.69) is 38.0 Å². The monoisotopic (exact) mass is 236 g/mol. The number of rotatable bonds is 7. The lowest BCUT2D eigenvalue weighted by Gasteiger charge is -2.16. The van der Waals surface area contributed by atoms with Crippen molar-refractivity contribution >= 4 is 0 Å². The van der Waals surface area contributed by atoms with Crippen molar-refractivity contribution < 1.29 is 4.74 Å². The van der Waals surface area contributed by atoms with Gasteiger partial charge < -0.3 is 10.1 Å². The lowest BCUT2D eigenvalue weighted by molar-refractivity contribution is 0.0217. The summed E-state index contributed by atoms with van der Waals surface area (Å²) in [4.78, 5) is 4.55. The summed E-state index contributed by atoms with van der Waals surface area (Å²) in [6.07, 6.45) is 0.272. The predicted molar refractivity (Wildman–Crippen MR) is 70.7 cm³/mol. The van der Waals surface area contributed by atoms with Gasteiger partial charge in [-0.3, -0.25) is 4.98 Å². The normalized spacial score (nSPS) is 13.0. The van der Waals surface area contributed by atoms with Crippen molar-refractivity contribution in [1.82, 2.24) is 10.3 Å². The molecule has 0 amide bonds. The van der Waals surface area contributed by atoms with E-state index in [0.29, 0.717) is 12.5 Å². The van der Waals surface area contributed by atoms with Crippen LogP contribution in [0.4, 0.5) is 0 Å². The highest BCUT2D eigenvalue weighted by Gasteiger charge is 2.07. The summed E-state index contributed by atoms with van der Waals surface area (Å²) in [5, 5.41) is 3.27. The summed E-state index contributed by atoms with van der Waals surface area (Å²) in [6, 6.07) is 6.10. The molecule has 0 aromatic carbocycles. The second-order valence-corrected chi connectivity index (χ2v) is 4.66. The first kappa shape index (κ1) is 14.1. The van der Waals surface area contributed by atoms with Crippen molar-refractivity contribution in [2.75, 3.05) is 6.54 Å². The molecule has 0 spiro atoms. The maximum Gasteiger partial charge on any atom is 0.0891 e. The Bertz CT molecular complexity index is 326. The Morgan fingerprint density at radius 2 is 1.94 bits per heavy atom. The van der Waals surface area contributed by atoms with Crippen LogP contribution in [0.3, 0.4) is 0 Å². The molecule has 1 aromatic heterocycles. The maximum atomic E-state index is 5.77. The Labute approximate surface area is 105 Å². The third-order valence-electron chi connectivity index (χ3n) is 2.85. The number of nitrogens with one attached hydrogen (secondary N) is 1. The largest absolute Gasteiger partial charge is 0.372 e. The van der Waals surface area contributed by atoms with E-state index in [1.54, 1.807) is 0 Å². The molecule has 3 nitrogen and oxygen atoms in total. The van der Waals surface area contributed by atoms with Crippen molar-refractivity contribution in [3.8, 4) is 0 Å². The molecule has 0 aliphatic carbocycles. The zero-order valence-electron chi connectivity index (χ0n) is 11.4. The quantitative estimate of drug-likeness (QED) is 0.790. The minimum absolute atomic E-state index is 0.272. The molecule has 0 saturated carbocycles. The molecule has 3 heteroatoms. The molecule has 0 aliphatic heterocycles. The molecule has 0 bridgehead atoms. The Balaban J connectivity index is 2.48. The number of pyridine rings is 1. The highest BCUT2D eigenvalue weighted by molar-refractivity contribution is 5.10. The Morgan fingerprint density at radius 3 is 2.59 bits per heavy atom. The minimum Gasteiger partial charge on any atom is -0.372 e. The van der Waals surface area contributed by atoms with Crippen LogP contribution >= 0.6 is 0 Å². The van der Waals surface area contributed by atoms with Crippen molar-refractivity contribution in [3.05, 3.63) is 29.6 Å². The van der Waals surface area contributed by atoms with Crippen molar-refractivity contribution in [3.63, 3.8) is 0 Å². The molecule has 0 aliphatic rings.